The average Bonchev–Trinajstić information content (AvgIpc) is 3.33. The van der Waals surface area contributed by atoms with Crippen LogP contribution in [0, 0.1) is 17.0 Å². The maximum absolute atomic E-state index is 12.7. The molecule has 1 N–H and O–H groups in total. The van der Waals surface area contributed by atoms with Gasteiger partial charge in [-0.1, -0.05) is 24.3 Å². The summed E-state index contributed by atoms with van der Waals surface area (Å²) >= 11 is 0. The lowest BCUT2D eigenvalue weighted by Gasteiger charge is -2.12. The number of nitrogens with zero attached hydrogens (tertiary/aromatic N) is 6. The number of benzene rings is 2. The Bertz CT molecular complexity index is 1350. The van der Waals surface area contributed by atoms with Gasteiger partial charge in [0.1, 0.15) is 18.3 Å². The lowest BCUT2D eigenvalue weighted by Crippen LogP contribution is -2.31. The molecule has 11 heteroatoms. The summed E-state index contributed by atoms with van der Waals surface area (Å²) in [6.45, 7) is 1.75. The second-order valence-corrected chi connectivity index (χ2v) is 6.85. The summed E-state index contributed by atoms with van der Waals surface area (Å²) in [6.07, 6.45) is 3.00. The number of aryl methyl sites for hydroxylation is 1. The van der Waals surface area contributed by atoms with Gasteiger partial charge in [-0.15, -0.1) is 0 Å². The molecule has 0 bridgehead atoms. The molecule has 4 aromatic rings. The van der Waals surface area contributed by atoms with Gasteiger partial charge in [-0.2, -0.15) is 10.2 Å². The smallest absolute Gasteiger partial charge is 0.294 e. The number of amides is 1. The van der Waals surface area contributed by atoms with E-state index in [0.29, 0.717) is 5.69 Å². The Morgan fingerprint density at radius 3 is 2.59 bits per heavy atom. The first kappa shape index (κ1) is 20.6. The Hall–Kier alpha value is -4.67. The number of nitro groups is 1. The Morgan fingerprint density at radius 2 is 1.91 bits per heavy atom. The van der Waals surface area contributed by atoms with Crippen LogP contribution in [0.25, 0.3) is 11.4 Å². The summed E-state index contributed by atoms with van der Waals surface area (Å²) in [7, 11) is 0. The number of hydrogen-bond acceptors (Lipinski definition) is 7. The highest BCUT2D eigenvalue weighted by Crippen LogP contribution is 2.22. The molecule has 0 spiro atoms. The zero-order valence-electron chi connectivity index (χ0n) is 16.9. The Kier molecular flexibility index (Phi) is 5.53. The zero-order chi connectivity index (χ0) is 22.7. The molecule has 0 aliphatic rings. The van der Waals surface area contributed by atoms with Gasteiger partial charge in [-0.3, -0.25) is 19.7 Å². The Labute approximate surface area is 181 Å². The summed E-state index contributed by atoms with van der Waals surface area (Å²) in [5.41, 5.74) is 1.02. The molecule has 0 atom stereocenters. The van der Waals surface area contributed by atoms with Crippen LogP contribution >= 0.6 is 0 Å². The van der Waals surface area contributed by atoms with E-state index in [1.54, 1.807) is 24.0 Å². The molecule has 0 saturated carbocycles. The number of carbonyl (C=O) groups excluding carboxylic acids is 1. The van der Waals surface area contributed by atoms with Crippen LogP contribution in [0.4, 0.5) is 5.69 Å². The monoisotopic (exact) mass is 431 g/mol. The second-order valence-electron chi connectivity index (χ2n) is 6.85. The topological polar surface area (TPSA) is 138 Å². The highest BCUT2D eigenvalue weighted by Gasteiger charge is 2.20. The lowest BCUT2D eigenvalue weighted by atomic mass is 10.2. The second kappa shape index (κ2) is 8.60. The fourth-order valence-electron chi connectivity index (χ4n) is 3.12. The number of carbonyl (C=O) groups is 1. The SMILES string of the molecule is Cc1cc(=O)c(C(=O)NCc2ccc(-n3cncn3)cc2)nn1-c1ccccc1[N+](=O)[O-]. The predicted octanol–water partition coefficient (Wildman–Crippen LogP) is 1.96. The van der Waals surface area contributed by atoms with Gasteiger partial charge in [0.15, 0.2) is 5.69 Å². The first-order valence-electron chi connectivity index (χ1n) is 9.51. The number of para-hydroxylation sites is 2. The highest BCUT2D eigenvalue weighted by atomic mass is 16.6. The minimum atomic E-state index is -0.678. The van der Waals surface area contributed by atoms with Crippen molar-refractivity contribution >= 4 is 11.6 Å². The molecule has 160 valence electrons. The van der Waals surface area contributed by atoms with E-state index in [2.05, 4.69) is 20.5 Å². The van der Waals surface area contributed by atoms with Gasteiger partial charge in [0, 0.05) is 24.4 Å². The van der Waals surface area contributed by atoms with Crippen molar-refractivity contribution in [1.82, 2.24) is 29.9 Å². The van der Waals surface area contributed by atoms with Crippen molar-refractivity contribution in [2.45, 2.75) is 13.5 Å². The van der Waals surface area contributed by atoms with Crippen molar-refractivity contribution in [1.29, 1.82) is 0 Å². The normalized spacial score (nSPS) is 10.7. The van der Waals surface area contributed by atoms with Gasteiger partial charge in [0.2, 0.25) is 5.43 Å². The highest BCUT2D eigenvalue weighted by molar-refractivity contribution is 5.92. The number of nitrogens with one attached hydrogen (secondary N) is 1. The Balaban J connectivity index is 1.56. The van der Waals surface area contributed by atoms with Crippen molar-refractivity contribution in [3.63, 3.8) is 0 Å². The zero-order valence-corrected chi connectivity index (χ0v) is 16.9. The van der Waals surface area contributed by atoms with E-state index in [4.69, 9.17) is 0 Å². The number of nitro benzene ring substituents is 1. The average molecular weight is 431 g/mol. The van der Waals surface area contributed by atoms with Gasteiger partial charge in [-0.05, 0) is 30.7 Å². The summed E-state index contributed by atoms with van der Waals surface area (Å²) in [6, 6.07) is 14.5. The molecule has 2 aromatic heterocycles. The van der Waals surface area contributed by atoms with Crippen LogP contribution in [0.15, 0.2) is 72.0 Å². The van der Waals surface area contributed by atoms with E-state index in [-0.39, 0.29) is 23.6 Å². The molecule has 4 rings (SSSR count). The van der Waals surface area contributed by atoms with E-state index in [1.165, 1.54) is 35.3 Å². The molecule has 1 amide bonds. The molecule has 2 heterocycles. The standard InChI is InChI=1S/C21H17N7O4/c1-14-10-19(29)20(25-27(14)17-4-2-3-5-18(17)28(31)32)21(30)23-11-15-6-8-16(9-7-15)26-13-22-12-24-26/h2-10,12-13H,11H2,1H3,(H,23,30). The van der Waals surface area contributed by atoms with E-state index in [9.17, 15) is 19.7 Å². The van der Waals surface area contributed by atoms with Crippen LogP contribution in [0.2, 0.25) is 0 Å². The molecule has 2 aromatic carbocycles. The first-order valence-corrected chi connectivity index (χ1v) is 9.51. The summed E-state index contributed by atoms with van der Waals surface area (Å²) < 4.78 is 2.82. The molecule has 0 radical (unpaired) electrons. The lowest BCUT2D eigenvalue weighted by molar-refractivity contribution is -0.384. The van der Waals surface area contributed by atoms with E-state index in [1.807, 2.05) is 24.3 Å². The molecule has 0 aliphatic carbocycles. The predicted molar refractivity (Wildman–Crippen MR) is 114 cm³/mol. The summed E-state index contributed by atoms with van der Waals surface area (Å²) in [5, 5.41) is 22.2. The van der Waals surface area contributed by atoms with Crippen molar-refractivity contribution in [3.05, 3.63) is 105 Å². The number of aromatic nitrogens is 5. The van der Waals surface area contributed by atoms with Gasteiger partial charge >= 0.3 is 0 Å². The molecular weight excluding hydrogens is 414 g/mol. The minimum absolute atomic E-state index is 0.160. The third-order valence-electron chi connectivity index (χ3n) is 4.70. The molecular formula is C21H17N7O4. The number of hydrogen-bond donors (Lipinski definition) is 1. The summed E-state index contributed by atoms with van der Waals surface area (Å²) in [4.78, 5) is 39.8. The van der Waals surface area contributed by atoms with Crippen LogP contribution in [0.1, 0.15) is 21.7 Å². The van der Waals surface area contributed by atoms with Crippen molar-refractivity contribution in [3.8, 4) is 11.4 Å². The maximum atomic E-state index is 12.7. The van der Waals surface area contributed by atoms with E-state index >= 15 is 0 Å². The Morgan fingerprint density at radius 1 is 1.16 bits per heavy atom. The number of rotatable bonds is 6. The summed E-state index contributed by atoms with van der Waals surface area (Å²) in [5.74, 6) is -0.678. The molecule has 32 heavy (non-hydrogen) atoms. The van der Waals surface area contributed by atoms with Crippen molar-refractivity contribution in [2.75, 3.05) is 0 Å². The van der Waals surface area contributed by atoms with E-state index < -0.39 is 16.3 Å². The van der Waals surface area contributed by atoms with Gasteiger partial charge in [-0.25, -0.2) is 14.3 Å². The quantitative estimate of drug-likeness (QED) is 0.364. The van der Waals surface area contributed by atoms with Crippen LogP contribution in [-0.2, 0) is 6.54 Å². The van der Waals surface area contributed by atoms with Gasteiger partial charge < -0.3 is 5.32 Å². The molecule has 0 unspecified atom stereocenters. The molecule has 0 fully saturated rings. The van der Waals surface area contributed by atoms with Crippen molar-refractivity contribution in [2.24, 2.45) is 0 Å². The molecule has 11 nitrogen and oxygen atoms in total. The fourth-order valence-corrected chi connectivity index (χ4v) is 3.12. The van der Waals surface area contributed by atoms with Crippen molar-refractivity contribution < 1.29 is 9.72 Å². The van der Waals surface area contributed by atoms with Crippen LogP contribution in [-0.4, -0.2) is 35.4 Å². The van der Waals surface area contributed by atoms with Gasteiger partial charge in [0.05, 0.1) is 10.6 Å². The van der Waals surface area contributed by atoms with Crippen LogP contribution in [0.5, 0.6) is 0 Å². The maximum Gasteiger partial charge on any atom is 0.294 e. The molecule has 0 aliphatic heterocycles. The molecule has 0 saturated heterocycles. The van der Waals surface area contributed by atoms with Gasteiger partial charge in [0.25, 0.3) is 11.6 Å². The third kappa shape index (κ3) is 4.12. The van der Waals surface area contributed by atoms with E-state index in [0.717, 1.165) is 11.3 Å². The largest absolute Gasteiger partial charge is 0.346 e. The fraction of sp³-hybridized carbons (Fsp3) is 0.0952. The third-order valence-corrected chi connectivity index (χ3v) is 4.70. The van der Waals surface area contributed by atoms with Crippen LogP contribution < -0.4 is 10.7 Å². The first-order chi connectivity index (χ1) is 15.4. The minimum Gasteiger partial charge on any atom is -0.346 e. The van der Waals surface area contributed by atoms with Crippen LogP contribution in [0.3, 0.4) is 0 Å².